The van der Waals surface area contributed by atoms with Crippen LogP contribution in [0.3, 0.4) is 0 Å². The van der Waals surface area contributed by atoms with Gasteiger partial charge in [0.05, 0.1) is 13.0 Å². The molecule has 0 radical (unpaired) electrons. The number of nitrogens with zero attached hydrogens (tertiary/aromatic N) is 3. The van der Waals surface area contributed by atoms with E-state index in [-0.39, 0.29) is 25.0 Å². The monoisotopic (exact) mass is 471 g/mol. The maximum absolute atomic E-state index is 12.1. The Labute approximate surface area is 197 Å². The van der Waals surface area contributed by atoms with Crippen LogP contribution in [0.15, 0.2) is 36.7 Å². The molecule has 1 amide bonds. The van der Waals surface area contributed by atoms with E-state index in [9.17, 15) is 19.5 Å². The van der Waals surface area contributed by atoms with Crippen LogP contribution in [0.1, 0.15) is 24.0 Å². The summed E-state index contributed by atoms with van der Waals surface area (Å²) in [6.45, 7) is 3.06. The Morgan fingerprint density at radius 2 is 1.88 bits per heavy atom. The number of carboxylic acids is 1. The fourth-order valence-electron chi connectivity index (χ4n) is 3.74. The first kappa shape index (κ1) is 24.7. The maximum atomic E-state index is 12.1. The molecule has 0 saturated carbocycles. The second kappa shape index (κ2) is 11.8. The van der Waals surface area contributed by atoms with Crippen molar-refractivity contribution in [1.29, 1.82) is 0 Å². The number of hydrogen-bond acceptors (Lipinski definition) is 9. The average Bonchev–Trinajstić information content (AvgIpc) is 2.86. The van der Waals surface area contributed by atoms with Crippen LogP contribution in [-0.4, -0.2) is 65.9 Å². The second-order valence-electron chi connectivity index (χ2n) is 7.93. The second-order valence-corrected chi connectivity index (χ2v) is 7.93. The third-order valence-electron chi connectivity index (χ3n) is 5.66. The molecule has 11 heteroatoms. The fraction of sp³-hybridized carbons (Fsp3) is 0.435. The number of hydrogen-bond donors (Lipinski definition) is 3. The number of nitrogens with one attached hydrogen (secondary N) is 2. The number of aromatic nitrogens is 2. The number of esters is 1. The first-order chi connectivity index (χ1) is 16.4. The normalized spacial score (nSPS) is 14.7. The van der Waals surface area contributed by atoms with Gasteiger partial charge in [0.25, 0.3) is 0 Å². The summed E-state index contributed by atoms with van der Waals surface area (Å²) in [7, 11) is 1.39. The Balaban J connectivity index is 1.56. The van der Waals surface area contributed by atoms with Gasteiger partial charge in [0.1, 0.15) is 30.6 Å². The summed E-state index contributed by atoms with van der Waals surface area (Å²) in [5.41, 5.74) is 1.54. The number of carbonyl (C=O) groups excluding carboxylic acids is 2. The van der Waals surface area contributed by atoms with E-state index in [1.54, 1.807) is 12.1 Å². The highest BCUT2D eigenvalue weighted by atomic mass is 16.5. The molecule has 3 rings (SSSR count). The molecule has 1 atom stereocenters. The molecule has 1 unspecified atom stereocenters. The quantitative estimate of drug-likeness (QED) is 0.464. The minimum atomic E-state index is -1.23. The number of rotatable bonds is 9. The van der Waals surface area contributed by atoms with Crippen molar-refractivity contribution in [3.63, 3.8) is 0 Å². The zero-order valence-corrected chi connectivity index (χ0v) is 19.2. The summed E-state index contributed by atoms with van der Waals surface area (Å²) >= 11 is 0. The van der Waals surface area contributed by atoms with Crippen LogP contribution in [0, 0.1) is 12.8 Å². The van der Waals surface area contributed by atoms with Gasteiger partial charge in [-0.05, 0) is 25.3 Å². The summed E-state index contributed by atoms with van der Waals surface area (Å²) in [6, 6.07) is 7.87. The number of piperidine rings is 1. The third kappa shape index (κ3) is 6.56. The highest BCUT2D eigenvalue weighted by molar-refractivity contribution is 5.80. The molecule has 1 aliphatic heterocycles. The Hall–Kier alpha value is -3.89. The molecule has 0 aliphatic carbocycles. The van der Waals surface area contributed by atoms with Crippen LogP contribution in [0.25, 0.3) is 0 Å². The van der Waals surface area contributed by atoms with E-state index in [4.69, 9.17) is 9.47 Å². The minimum absolute atomic E-state index is 0.0352. The molecule has 11 nitrogen and oxygen atoms in total. The number of aliphatic carboxylic acids is 1. The van der Waals surface area contributed by atoms with E-state index >= 15 is 0 Å². The van der Waals surface area contributed by atoms with Crippen molar-refractivity contribution in [2.45, 2.75) is 32.4 Å². The van der Waals surface area contributed by atoms with E-state index in [1.165, 1.54) is 13.4 Å². The SMILES string of the molecule is COC(=O)C1CCN(c2ncnc(NCC(NC(=O)OCc3ccccc3)C(=O)O)c2C)CC1. The van der Waals surface area contributed by atoms with Crippen LogP contribution >= 0.6 is 0 Å². The largest absolute Gasteiger partial charge is 0.480 e. The Morgan fingerprint density at radius 3 is 2.53 bits per heavy atom. The summed E-state index contributed by atoms with van der Waals surface area (Å²) in [4.78, 5) is 46.1. The average molecular weight is 472 g/mol. The van der Waals surface area contributed by atoms with Gasteiger partial charge >= 0.3 is 18.0 Å². The van der Waals surface area contributed by atoms with Crippen molar-refractivity contribution in [2.24, 2.45) is 5.92 Å². The Bertz CT molecular complexity index is 995. The van der Waals surface area contributed by atoms with Crippen LogP contribution in [0.2, 0.25) is 0 Å². The van der Waals surface area contributed by atoms with Gasteiger partial charge < -0.3 is 30.1 Å². The smallest absolute Gasteiger partial charge is 0.408 e. The first-order valence-electron chi connectivity index (χ1n) is 11.0. The number of alkyl carbamates (subject to hydrolysis) is 1. The summed E-state index contributed by atoms with van der Waals surface area (Å²) in [5.74, 6) is -0.351. The molecule has 1 fully saturated rings. The Morgan fingerprint density at radius 1 is 1.18 bits per heavy atom. The van der Waals surface area contributed by atoms with Crippen LogP contribution in [0.4, 0.5) is 16.4 Å². The molecular formula is C23H29N5O6. The van der Waals surface area contributed by atoms with E-state index in [0.29, 0.717) is 37.6 Å². The molecule has 0 bridgehead atoms. The minimum Gasteiger partial charge on any atom is -0.480 e. The van der Waals surface area contributed by atoms with E-state index < -0.39 is 18.1 Å². The predicted octanol–water partition coefficient (Wildman–Crippen LogP) is 1.97. The lowest BCUT2D eigenvalue weighted by Gasteiger charge is -2.32. The van der Waals surface area contributed by atoms with Gasteiger partial charge in [0, 0.05) is 25.2 Å². The van der Waals surface area contributed by atoms with Crippen molar-refractivity contribution < 1.29 is 29.0 Å². The van der Waals surface area contributed by atoms with Gasteiger partial charge in [0.15, 0.2) is 0 Å². The molecule has 3 N–H and O–H groups in total. The number of amides is 1. The molecule has 0 spiro atoms. The number of carbonyl (C=O) groups is 3. The van der Waals surface area contributed by atoms with Gasteiger partial charge in [-0.1, -0.05) is 30.3 Å². The summed E-state index contributed by atoms with van der Waals surface area (Å²) in [5, 5.41) is 14.9. The number of anilines is 2. The lowest BCUT2D eigenvalue weighted by Crippen LogP contribution is -2.45. The lowest BCUT2D eigenvalue weighted by atomic mass is 9.97. The molecule has 1 aromatic carbocycles. The molecular weight excluding hydrogens is 442 g/mol. The molecule has 2 aromatic rings. The summed E-state index contributed by atoms with van der Waals surface area (Å²) in [6.07, 6.45) is 1.89. The zero-order valence-electron chi connectivity index (χ0n) is 19.2. The van der Waals surface area contributed by atoms with Gasteiger partial charge in [-0.3, -0.25) is 4.79 Å². The van der Waals surface area contributed by atoms with E-state index in [2.05, 4.69) is 25.5 Å². The van der Waals surface area contributed by atoms with Crippen molar-refractivity contribution in [3.05, 3.63) is 47.8 Å². The van der Waals surface area contributed by atoms with Gasteiger partial charge in [0.2, 0.25) is 0 Å². The predicted molar refractivity (Wildman–Crippen MR) is 123 cm³/mol. The van der Waals surface area contributed by atoms with Gasteiger partial charge in [-0.15, -0.1) is 0 Å². The zero-order chi connectivity index (χ0) is 24.5. The molecule has 1 aromatic heterocycles. The number of benzene rings is 1. The van der Waals surface area contributed by atoms with Crippen LogP contribution in [0.5, 0.6) is 0 Å². The van der Waals surface area contributed by atoms with Crippen molar-refractivity contribution in [2.75, 3.05) is 37.0 Å². The lowest BCUT2D eigenvalue weighted by molar-refractivity contribution is -0.146. The van der Waals surface area contributed by atoms with Gasteiger partial charge in [-0.2, -0.15) is 0 Å². The topological polar surface area (TPSA) is 143 Å². The molecule has 1 aliphatic rings. The van der Waals surface area contributed by atoms with Crippen molar-refractivity contribution in [1.82, 2.24) is 15.3 Å². The van der Waals surface area contributed by atoms with E-state index in [1.807, 2.05) is 25.1 Å². The van der Waals surface area contributed by atoms with Crippen molar-refractivity contribution >= 4 is 29.7 Å². The fourth-order valence-corrected chi connectivity index (χ4v) is 3.74. The van der Waals surface area contributed by atoms with Crippen LogP contribution < -0.4 is 15.5 Å². The summed E-state index contributed by atoms with van der Waals surface area (Å²) < 4.78 is 9.94. The molecule has 182 valence electrons. The Kier molecular flexibility index (Phi) is 8.60. The van der Waals surface area contributed by atoms with Crippen molar-refractivity contribution in [3.8, 4) is 0 Å². The molecule has 1 saturated heterocycles. The standard InChI is InChI=1S/C23H29N5O6/c1-15-19(25-14-26-20(15)28-10-8-17(9-11-28)22(31)33-2)24-12-18(21(29)30)27-23(32)34-13-16-6-4-3-5-7-16/h3-7,14,17-18H,8-13H2,1-2H3,(H,27,32)(H,29,30)(H,24,25,26). The number of methoxy groups -OCH3 is 1. The first-order valence-corrected chi connectivity index (χ1v) is 11.0. The highest BCUT2D eigenvalue weighted by Crippen LogP contribution is 2.27. The highest BCUT2D eigenvalue weighted by Gasteiger charge is 2.27. The number of ether oxygens (including phenoxy) is 2. The molecule has 2 heterocycles. The number of carboxylic acid groups (broad SMARTS) is 1. The van der Waals surface area contributed by atoms with Gasteiger partial charge in [-0.25, -0.2) is 19.6 Å². The third-order valence-corrected chi connectivity index (χ3v) is 5.66. The molecule has 34 heavy (non-hydrogen) atoms. The van der Waals surface area contributed by atoms with Crippen LogP contribution in [-0.2, 0) is 25.7 Å². The maximum Gasteiger partial charge on any atom is 0.408 e. The van der Waals surface area contributed by atoms with E-state index in [0.717, 1.165) is 11.1 Å².